The highest BCUT2D eigenvalue weighted by Gasteiger charge is 2.36. The number of rotatable bonds is 3. The summed E-state index contributed by atoms with van der Waals surface area (Å²) >= 11 is 0. The molecule has 0 aliphatic heterocycles. The van der Waals surface area contributed by atoms with E-state index >= 15 is 0 Å². The molecule has 0 spiro atoms. The molecule has 2 heteroatoms. The van der Waals surface area contributed by atoms with Crippen LogP contribution in [0.2, 0.25) is 0 Å². The van der Waals surface area contributed by atoms with Gasteiger partial charge in [-0.15, -0.1) is 0 Å². The van der Waals surface area contributed by atoms with Gasteiger partial charge >= 0.3 is 0 Å². The monoisotopic (exact) mass is 196 g/mol. The molecule has 0 heterocycles. The van der Waals surface area contributed by atoms with E-state index in [2.05, 4.69) is 12.4 Å². The molecule has 2 fully saturated rings. The number of hydrogen-bond donors (Lipinski definition) is 2. The summed E-state index contributed by atoms with van der Waals surface area (Å²) in [6, 6.07) is 1.26. The number of hydrogen-bond acceptors (Lipinski definition) is 2. The minimum atomic E-state index is 0.499. The van der Waals surface area contributed by atoms with E-state index in [9.17, 15) is 0 Å². The summed E-state index contributed by atoms with van der Waals surface area (Å²) in [5, 5.41) is 3.54. The van der Waals surface area contributed by atoms with Crippen LogP contribution >= 0.6 is 0 Å². The van der Waals surface area contributed by atoms with Gasteiger partial charge in [0.1, 0.15) is 0 Å². The lowest BCUT2D eigenvalue weighted by molar-refractivity contribution is 0.135. The van der Waals surface area contributed by atoms with Crippen LogP contribution in [0.25, 0.3) is 0 Å². The van der Waals surface area contributed by atoms with Crippen LogP contribution in [0.3, 0.4) is 0 Å². The van der Waals surface area contributed by atoms with E-state index in [1.807, 2.05) is 0 Å². The fourth-order valence-electron chi connectivity index (χ4n) is 3.35. The van der Waals surface area contributed by atoms with Crippen LogP contribution in [0.15, 0.2) is 0 Å². The Labute approximate surface area is 87.6 Å². The lowest BCUT2D eigenvalue weighted by Gasteiger charge is -2.43. The zero-order valence-corrected chi connectivity index (χ0v) is 9.34. The van der Waals surface area contributed by atoms with Gasteiger partial charge in [-0.05, 0) is 44.6 Å². The molecule has 2 nitrogen and oxygen atoms in total. The molecule has 2 saturated carbocycles. The molecule has 82 valence electrons. The molecule has 14 heavy (non-hydrogen) atoms. The molecule has 1 unspecified atom stereocenters. The van der Waals surface area contributed by atoms with E-state index in [-0.39, 0.29) is 0 Å². The quantitative estimate of drug-likeness (QED) is 0.723. The maximum absolute atomic E-state index is 5.86. The van der Waals surface area contributed by atoms with Crippen LogP contribution < -0.4 is 11.1 Å². The Kier molecular flexibility index (Phi) is 3.45. The van der Waals surface area contributed by atoms with Gasteiger partial charge in [-0.3, -0.25) is 0 Å². The highest BCUT2D eigenvalue weighted by atomic mass is 14.9. The Hall–Kier alpha value is -0.0800. The minimum absolute atomic E-state index is 0.499. The van der Waals surface area contributed by atoms with Crippen LogP contribution in [0.5, 0.6) is 0 Å². The molecule has 0 aromatic rings. The first kappa shape index (κ1) is 10.4. The fourth-order valence-corrected chi connectivity index (χ4v) is 3.35. The maximum Gasteiger partial charge on any atom is 0.0122 e. The average Bonchev–Trinajstić information content (AvgIpc) is 2.18. The van der Waals surface area contributed by atoms with Crippen molar-refractivity contribution in [3.05, 3.63) is 0 Å². The maximum atomic E-state index is 5.86. The van der Waals surface area contributed by atoms with Crippen LogP contribution in [-0.4, -0.2) is 19.1 Å². The van der Waals surface area contributed by atoms with E-state index in [1.54, 1.807) is 0 Å². The van der Waals surface area contributed by atoms with Gasteiger partial charge in [-0.1, -0.05) is 19.3 Å². The minimum Gasteiger partial charge on any atom is -0.328 e. The summed E-state index contributed by atoms with van der Waals surface area (Å²) in [4.78, 5) is 0. The zero-order chi connectivity index (χ0) is 9.97. The topological polar surface area (TPSA) is 38.0 Å². The van der Waals surface area contributed by atoms with E-state index in [1.165, 1.54) is 44.9 Å². The first-order chi connectivity index (χ1) is 6.81. The summed E-state index contributed by atoms with van der Waals surface area (Å²) in [5.41, 5.74) is 5.86. The van der Waals surface area contributed by atoms with Gasteiger partial charge in [0.25, 0.3) is 0 Å². The van der Waals surface area contributed by atoms with Crippen molar-refractivity contribution in [1.82, 2.24) is 5.32 Å². The highest BCUT2D eigenvalue weighted by molar-refractivity contribution is 4.93. The van der Waals surface area contributed by atoms with Gasteiger partial charge < -0.3 is 11.1 Å². The average molecular weight is 196 g/mol. The molecule has 0 bridgehead atoms. The molecule has 2 rings (SSSR count). The third-order valence-electron chi connectivity index (χ3n) is 4.21. The lowest BCUT2D eigenvalue weighted by atomic mass is 9.69. The molecule has 0 aromatic carbocycles. The normalized spacial score (nSPS) is 36.4. The third kappa shape index (κ3) is 2.12. The van der Waals surface area contributed by atoms with E-state index in [0.29, 0.717) is 6.04 Å². The van der Waals surface area contributed by atoms with Crippen molar-refractivity contribution in [1.29, 1.82) is 0 Å². The predicted octanol–water partition coefficient (Wildman–Crippen LogP) is 1.89. The van der Waals surface area contributed by atoms with Crippen molar-refractivity contribution >= 4 is 0 Å². The van der Waals surface area contributed by atoms with Crippen LogP contribution in [0.1, 0.15) is 44.9 Å². The first-order valence-electron chi connectivity index (χ1n) is 6.24. The van der Waals surface area contributed by atoms with Gasteiger partial charge in [0.2, 0.25) is 0 Å². The van der Waals surface area contributed by atoms with Gasteiger partial charge in [0.15, 0.2) is 0 Å². The van der Waals surface area contributed by atoms with Crippen molar-refractivity contribution in [2.45, 2.75) is 57.0 Å². The Balaban J connectivity index is 1.85. The summed E-state index contributed by atoms with van der Waals surface area (Å²) in [6.07, 6.45) is 9.73. The molecule has 0 amide bonds. The highest BCUT2D eigenvalue weighted by Crippen LogP contribution is 2.37. The van der Waals surface area contributed by atoms with Gasteiger partial charge in [-0.2, -0.15) is 0 Å². The molecule has 0 radical (unpaired) electrons. The van der Waals surface area contributed by atoms with E-state index in [0.717, 1.165) is 17.9 Å². The van der Waals surface area contributed by atoms with Gasteiger partial charge in [-0.25, -0.2) is 0 Å². The van der Waals surface area contributed by atoms with Gasteiger partial charge in [0.05, 0.1) is 0 Å². The van der Waals surface area contributed by atoms with Crippen molar-refractivity contribution in [2.24, 2.45) is 17.6 Å². The Morgan fingerprint density at radius 1 is 1.07 bits per heavy atom. The largest absolute Gasteiger partial charge is 0.328 e. The second-order valence-corrected chi connectivity index (χ2v) is 5.20. The molecule has 2 aliphatic rings. The summed E-state index contributed by atoms with van der Waals surface area (Å²) in [6.45, 7) is 0. The summed E-state index contributed by atoms with van der Waals surface area (Å²) in [5.74, 6) is 1.81. The van der Waals surface area contributed by atoms with Crippen LogP contribution in [0, 0.1) is 11.8 Å². The number of nitrogens with one attached hydrogen (secondary N) is 1. The smallest absolute Gasteiger partial charge is 0.0122 e. The van der Waals surface area contributed by atoms with Crippen LogP contribution in [-0.2, 0) is 0 Å². The van der Waals surface area contributed by atoms with Crippen molar-refractivity contribution in [3.63, 3.8) is 0 Å². The first-order valence-corrected chi connectivity index (χ1v) is 6.24. The third-order valence-corrected chi connectivity index (χ3v) is 4.21. The lowest BCUT2D eigenvalue weighted by Crippen LogP contribution is -2.50. The molecular weight excluding hydrogens is 172 g/mol. The van der Waals surface area contributed by atoms with Gasteiger partial charge in [0, 0.05) is 12.1 Å². The summed E-state index contributed by atoms with van der Waals surface area (Å²) in [7, 11) is 2.13. The fraction of sp³-hybridized carbons (Fsp3) is 1.00. The van der Waals surface area contributed by atoms with Crippen molar-refractivity contribution in [2.75, 3.05) is 7.05 Å². The Morgan fingerprint density at radius 2 is 1.71 bits per heavy atom. The van der Waals surface area contributed by atoms with Crippen molar-refractivity contribution < 1.29 is 0 Å². The SMILES string of the molecule is CNC(C1CCCCC1)C1CC(N)C1. The summed E-state index contributed by atoms with van der Waals surface area (Å²) < 4.78 is 0. The zero-order valence-electron chi connectivity index (χ0n) is 9.34. The predicted molar refractivity (Wildman–Crippen MR) is 60.1 cm³/mol. The molecular formula is C12H24N2. The van der Waals surface area contributed by atoms with Crippen LogP contribution in [0.4, 0.5) is 0 Å². The molecule has 1 atom stereocenters. The number of nitrogens with two attached hydrogens (primary N) is 1. The second-order valence-electron chi connectivity index (χ2n) is 5.20. The molecule has 2 aliphatic carbocycles. The van der Waals surface area contributed by atoms with E-state index < -0.39 is 0 Å². The van der Waals surface area contributed by atoms with Crippen molar-refractivity contribution in [3.8, 4) is 0 Å². The Morgan fingerprint density at radius 3 is 2.21 bits per heavy atom. The molecule has 0 aromatic heterocycles. The standard InChI is InChI=1S/C12H24N2/c1-14-12(10-7-11(13)8-10)9-5-3-2-4-6-9/h9-12,14H,2-8,13H2,1H3. The second kappa shape index (κ2) is 4.63. The molecule has 3 N–H and O–H groups in total. The Bertz CT molecular complexity index is 169. The molecule has 0 saturated heterocycles. The van der Waals surface area contributed by atoms with E-state index in [4.69, 9.17) is 5.73 Å².